The summed E-state index contributed by atoms with van der Waals surface area (Å²) in [5.41, 5.74) is 1.29. The Labute approximate surface area is 127 Å². The largest absolute Gasteiger partial charge is 0.456 e. The van der Waals surface area contributed by atoms with Gasteiger partial charge in [-0.05, 0) is 5.56 Å². The van der Waals surface area contributed by atoms with Gasteiger partial charge in [-0.3, -0.25) is 0 Å². The highest BCUT2D eigenvalue weighted by Gasteiger charge is 2.50. The van der Waals surface area contributed by atoms with Crippen molar-refractivity contribution >= 4 is 5.97 Å². The van der Waals surface area contributed by atoms with Gasteiger partial charge in [0.25, 0.3) is 0 Å². The van der Waals surface area contributed by atoms with Gasteiger partial charge in [-0.25, -0.2) is 4.79 Å². The molecule has 2 fully saturated rings. The van der Waals surface area contributed by atoms with E-state index < -0.39 is 36.7 Å². The maximum atomic E-state index is 11.4. The quantitative estimate of drug-likeness (QED) is 0.623. The number of carbonyl (C=O) groups excluding carboxylic acids is 1. The number of carbonyl (C=O) groups is 1. The zero-order valence-electron chi connectivity index (χ0n) is 11.9. The molecule has 0 aliphatic carbocycles. The molecular formula is C16H18O6. The lowest BCUT2D eigenvalue weighted by Crippen LogP contribution is -2.40. The molecule has 0 spiro atoms. The average molecular weight is 306 g/mol. The lowest BCUT2D eigenvalue weighted by atomic mass is 10.0. The van der Waals surface area contributed by atoms with Crippen LogP contribution in [0, 0.1) is 0 Å². The van der Waals surface area contributed by atoms with Gasteiger partial charge in [0.1, 0.15) is 24.4 Å². The van der Waals surface area contributed by atoms with Gasteiger partial charge in [0, 0.05) is 12.0 Å². The number of cyclic esters (lactones) is 1. The Morgan fingerprint density at radius 3 is 2.64 bits per heavy atom. The van der Waals surface area contributed by atoms with Gasteiger partial charge in [-0.1, -0.05) is 36.9 Å². The summed E-state index contributed by atoms with van der Waals surface area (Å²) in [5.74, 6) is -0.480. The van der Waals surface area contributed by atoms with Crippen LogP contribution in [-0.4, -0.2) is 46.9 Å². The Kier molecular flexibility index (Phi) is 4.26. The first kappa shape index (κ1) is 15.2. The standard InChI is InChI=1S/C16H18O6/c1-9-7-11(21-15(9)18)13-14(12(17)16(19)22-13)20-8-10-5-3-2-4-6-10/h2-6,11-14,16-17,19H,1,7-8H2/t11-,12+,13+,14-,16?/m0/s1. The SMILES string of the molecule is C=C1C[C@@H]([C@H]2OC(O)[C@H](O)[C@@H]2OCc2ccccc2)OC1=O. The van der Waals surface area contributed by atoms with E-state index in [0.717, 1.165) is 5.56 Å². The highest BCUT2D eigenvalue weighted by molar-refractivity contribution is 5.90. The summed E-state index contributed by atoms with van der Waals surface area (Å²) in [5, 5.41) is 19.7. The minimum atomic E-state index is -1.36. The maximum Gasteiger partial charge on any atom is 0.333 e. The Balaban J connectivity index is 1.69. The summed E-state index contributed by atoms with van der Waals surface area (Å²) in [6, 6.07) is 9.45. The van der Waals surface area contributed by atoms with Crippen LogP contribution in [0.25, 0.3) is 0 Å². The molecule has 0 aromatic heterocycles. The number of benzene rings is 1. The number of aliphatic hydroxyl groups is 2. The predicted octanol–water partition coefficient (Wildman–Crippen LogP) is 0.522. The summed E-state index contributed by atoms with van der Waals surface area (Å²) in [6.45, 7) is 3.88. The molecule has 22 heavy (non-hydrogen) atoms. The summed E-state index contributed by atoms with van der Waals surface area (Å²) in [6.07, 6.45) is -4.36. The summed E-state index contributed by atoms with van der Waals surface area (Å²) in [4.78, 5) is 11.4. The van der Waals surface area contributed by atoms with Gasteiger partial charge in [-0.15, -0.1) is 0 Å². The molecule has 0 bridgehead atoms. The highest BCUT2D eigenvalue weighted by Crippen LogP contribution is 2.32. The van der Waals surface area contributed by atoms with E-state index in [0.29, 0.717) is 12.0 Å². The summed E-state index contributed by atoms with van der Waals surface area (Å²) in [7, 11) is 0. The van der Waals surface area contributed by atoms with Crippen molar-refractivity contribution in [2.45, 2.75) is 43.7 Å². The third kappa shape index (κ3) is 2.91. The molecule has 2 heterocycles. The second-order valence-electron chi connectivity index (χ2n) is 5.49. The molecule has 2 N–H and O–H groups in total. The van der Waals surface area contributed by atoms with Crippen molar-refractivity contribution in [3.05, 3.63) is 48.0 Å². The summed E-state index contributed by atoms with van der Waals surface area (Å²) < 4.78 is 16.2. The van der Waals surface area contributed by atoms with Crippen LogP contribution < -0.4 is 0 Å². The molecular weight excluding hydrogens is 288 g/mol. The molecule has 2 aliphatic heterocycles. The normalized spacial score (nSPS) is 34.9. The monoisotopic (exact) mass is 306 g/mol. The Morgan fingerprint density at radius 1 is 1.27 bits per heavy atom. The van der Waals surface area contributed by atoms with Crippen LogP contribution in [-0.2, 0) is 25.6 Å². The number of aliphatic hydroxyl groups excluding tert-OH is 2. The van der Waals surface area contributed by atoms with E-state index in [1.54, 1.807) is 0 Å². The number of hydrogen-bond acceptors (Lipinski definition) is 6. The molecule has 1 aromatic rings. The van der Waals surface area contributed by atoms with E-state index >= 15 is 0 Å². The number of ether oxygens (including phenoxy) is 3. The van der Waals surface area contributed by atoms with Gasteiger partial charge in [0.15, 0.2) is 6.29 Å². The third-order valence-corrected chi connectivity index (χ3v) is 3.90. The highest BCUT2D eigenvalue weighted by atomic mass is 16.7. The second-order valence-corrected chi connectivity index (χ2v) is 5.49. The Hall–Kier alpha value is -1.73. The first-order chi connectivity index (χ1) is 10.6. The van der Waals surface area contributed by atoms with Crippen molar-refractivity contribution in [2.75, 3.05) is 0 Å². The third-order valence-electron chi connectivity index (χ3n) is 3.90. The molecule has 0 radical (unpaired) electrons. The van der Waals surface area contributed by atoms with E-state index in [-0.39, 0.29) is 6.61 Å². The molecule has 5 atom stereocenters. The van der Waals surface area contributed by atoms with E-state index in [4.69, 9.17) is 14.2 Å². The fourth-order valence-corrected chi connectivity index (χ4v) is 2.71. The van der Waals surface area contributed by atoms with Crippen molar-refractivity contribution in [1.29, 1.82) is 0 Å². The summed E-state index contributed by atoms with van der Waals surface area (Å²) >= 11 is 0. The van der Waals surface area contributed by atoms with Gasteiger partial charge in [0.05, 0.1) is 6.61 Å². The van der Waals surface area contributed by atoms with Crippen molar-refractivity contribution < 1.29 is 29.2 Å². The van der Waals surface area contributed by atoms with E-state index in [1.165, 1.54) is 0 Å². The fraction of sp³-hybridized carbons (Fsp3) is 0.438. The van der Waals surface area contributed by atoms with Crippen LogP contribution in [0.4, 0.5) is 0 Å². The molecule has 2 saturated heterocycles. The van der Waals surface area contributed by atoms with Crippen LogP contribution in [0.2, 0.25) is 0 Å². The maximum absolute atomic E-state index is 11.4. The molecule has 6 nitrogen and oxygen atoms in total. The zero-order valence-corrected chi connectivity index (χ0v) is 11.9. The van der Waals surface area contributed by atoms with Crippen LogP contribution in [0.3, 0.4) is 0 Å². The average Bonchev–Trinajstić information content (AvgIpc) is 2.99. The van der Waals surface area contributed by atoms with E-state index in [1.807, 2.05) is 30.3 Å². The van der Waals surface area contributed by atoms with E-state index in [9.17, 15) is 15.0 Å². The second kappa shape index (κ2) is 6.18. The Bertz CT molecular complexity index is 541. The number of hydrogen-bond donors (Lipinski definition) is 2. The van der Waals surface area contributed by atoms with Crippen LogP contribution >= 0.6 is 0 Å². The van der Waals surface area contributed by atoms with Gasteiger partial charge < -0.3 is 24.4 Å². The van der Waals surface area contributed by atoms with Gasteiger partial charge in [-0.2, -0.15) is 0 Å². The van der Waals surface area contributed by atoms with Crippen LogP contribution in [0.1, 0.15) is 12.0 Å². The topological polar surface area (TPSA) is 85.2 Å². The molecule has 2 aliphatic rings. The molecule has 1 aromatic carbocycles. The lowest BCUT2D eigenvalue weighted by Gasteiger charge is -2.24. The first-order valence-electron chi connectivity index (χ1n) is 7.12. The van der Waals surface area contributed by atoms with Crippen molar-refractivity contribution in [3.8, 4) is 0 Å². The zero-order chi connectivity index (χ0) is 15.7. The molecule has 1 unspecified atom stereocenters. The lowest BCUT2D eigenvalue weighted by molar-refractivity contribution is -0.162. The predicted molar refractivity (Wildman–Crippen MR) is 75.5 cm³/mol. The Morgan fingerprint density at radius 2 is 2.00 bits per heavy atom. The minimum absolute atomic E-state index is 0.261. The van der Waals surface area contributed by atoms with Crippen molar-refractivity contribution in [1.82, 2.24) is 0 Å². The molecule has 3 rings (SSSR count). The minimum Gasteiger partial charge on any atom is -0.456 e. The molecule has 0 saturated carbocycles. The molecule has 0 amide bonds. The van der Waals surface area contributed by atoms with E-state index in [2.05, 4.69) is 6.58 Å². The fourth-order valence-electron chi connectivity index (χ4n) is 2.71. The van der Waals surface area contributed by atoms with Crippen LogP contribution in [0.15, 0.2) is 42.5 Å². The smallest absolute Gasteiger partial charge is 0.333 e. The number of esters is 1. The van der Waals surface area contributed by atoms with Gasteiger partial charge in [0.2, 0.25) is 0 Å². The number of rotatable bonds is 4. The van der Waals surface area contributed by atoms with Crippen molar-refractivity contribution in [2.24, 2.45) is 0 Å². The van der Waals surface area contributed by atoms with Gasteiger partial charge >= 0.3 is 5.97 Å². The molecule has 6 heteroatoms. The first-order valence-corrected chi connectivity index (χ1v) is 7.12. The van der Waals surface area contributed by atoms with Crippen molar-refractivity contribution in [3.63, 3.8) is 0 Å². The van der Waals surface area contributed by atoms with Crippen LogP contribution in [0.5, 0.6) is 0 Å². The molecule has 118 valence electrons.